The summed E-state index contributed by atoms with van der Waals surface area (Å²) < 4.78 is 0. The second kappa shape index (κ2) is 7.24. The van der Waals surface area contributed by atoms with Gasteiger partial charge in [0.2, 0.25) is 0 Å². The molecule has 0 saturated heterocycles. The Kier molecular flexibility index (Phi) is 5.10. The highest BCUT2D eigenvalue weighted by Crippen LogP contribution is 2.12. The molecule has 0 radical (unpaired) electrons. The van der Waals surface area contributed by atoms with E-state index in [1.165, 1.54) is 7.11 Å². The number of amides is 1. The van der Waals surface area contributed by atoms with Gasteiger partial charge in [0.05, 0.1) is 12.3 Å². The number of carbonyl (C=O) groups excluding carboxylic acids is 1. The summed E-state index contributed by atoms with van der Waals surface area (Å²) in [5, 5.41) is 6.66. The summed E-state index contributed by atoms with van der Waals surface area (Å²) in [6, 6.07) is 17.0. The third-order valence-corrected chi connectivity index (χ3v) is 3.13. The molecule has 0 spiro atoms. The largest absolute Gasteiger partial charge is 0.399 e. The molecule has 1 amide bonds. The fourth-order valence-electron chi connectivity index (χ4n) is 1.94. The number of benzene rings is 2. The van der Waals surface area contributed by atoms with Gasteiger partial charge in [-0.05, 0) is 30.2 Å². The Morgan fingerprint density at radius 2 is 1.81 bits per heavy atom. The van der Waals surface area contributed by atoms with Crippen molar-refractivity contribution in [1.82, 2.24) is 5.32 Å². The monoisotopic (exact) mass is 282 g/mol. The molecule has 2 rings (SSSR count). The average Bonchev–Trinajstić information content (AvgIpc) is 2.54. The lowest BCUT2D eigenvalue weighted by Gasteiger charge is -2.14. The molecular weight excluding hydrogens is 264 g/mol. The summed E-state index contributed by atoms with van der Waals surface area (Å²) in [4.78, 5) is 16.8. The van der Waals surface area contributed by atoms with E-state index >= 15 is 0 Å². The van der Waals surface area contributed by atoms with E-state index < -0.39 is 0 Å². The summed E-state index contributed by atoms with van der Waals surface area (Å²) in [5.41, 5.74) is 2.58. The zero-order valence-corrected chi connectivity index (χ0v) is 12.1. The fourth-order valence-corrected chi connectivity index (χ4v) is 1.94. The lowest BCUT2D eigenvalue weighted by molar-refractivity contribution is 0.0940. The van der Waals surface area contributed by atoms with Gasteiger partial charge in [-0.1, -0.05) is 47.6 Å². The van der Waals surface area contributed by atoms with Gasteiger partial charge in [-0.25, -0.2) is 0 Å². The molecule has 0 aliphatic rings. The van der Waals surface area contributed by atoms with Crippen molar-refractivity contribution in [2.24, 2.45) is 5.16 Å². The van der Waals surface area contributed by atoms with Gasteiger partial charge in [0.1, 0.15) is 7.11 Å². The summed E-state index contributed by atoms with van der Waals surface area (Å²) in [6.45, 7) is 1.97. The van der Waals surface area contributed by atoms with Crippen molar-refractivity contribution >= 4 is 12.1 Å². The van der Waals surface area contributed by atoms with Gasteiger partial charge in [-0.3, -0.25) is 4.79 Å². The first-order valence-electron chi connectivity index (χ1n) is 6.73. The Morgan fingerprint density at radius 3 is 2.43 bits per heavy atom. The summed E-state index contributed by atoms with van der Waals surface area (Å²) >= 11 is 0. The van der Waals surface area contributed by atoms with Crippen molar-refractivity contribution in [2.45, 2.75) is 13.0 Å². The lowest BCUT2D eigenvalue weighted by Crippen LogP contribution is -2.26. The van der Waals surface area contributed by atoms with Crippen LogP contribution in [0.2, 0.25) is 0 Å². The molecule has 1 unspecified atom stereocenters. The Bertz CT molecular complexity index is 606. The normalized spacial score (nSPS) is 12.1. The van der Waals surface area contributed by atoms with Crippen molar-refractivity contribution < 1.29 is 9.63 Å². The number of nitrogens with zero attached hydrogens (tertiary/aromatic N) is 1. The fraction of sp³-hybridized carbons (Fsp3) is 0.176. The zero-order chi connectivity index (χ0) is 15.1. The van der Waals surface area contributed by atoms with Crippen LogP contribution >= 0.6 is 0 Å². The van der Waals surface area contributed by atoms with Crippen molar-refractivity contribution in [3.05, 3.63) is 71.3 Å². The predicted molar refractivity (Wildman–Crippen MR) is 83.4 cm³/mol. The topological polar surface area (TPSA) is 50.7 Å². The van der Waals surface area contributed by atoms with Gasteiger partial charge in [0, 0.05) is 5.56 Å². The molecule has 1 atom stereocenters. The quantitative estimate of drug-likeness (QED) is 0.676. The van der Waals surface area contributed by atoms with Crippen LogP contribution in [0.4, 0.5) is 0 Å². The summed E-state index contributed by atoms with van der Waals surface area (Å²) in [6.07, 6.45) is 1.59. The maximum absolute atomic E-state index is 12.2. The number of carbonyl (C=O) groups is 1. The Labute approximate surface area is 124 Å². The van der Waals surface area contributed by atoms with Crippen LogP contribution in [0.1, 0.15) is 34.5 Å². The van der Waals surface area contributed by atoms with E-state index in [4.69, 9.17) is 0 Å². The van der Waals surface area contributed by atoms with E-state index in [0.29, 0.717) is 5.56 Å². The molecule has 2 aromatic rings. The van der Waals surface area contributed by atoms with Gasteiger partial charge < -0.3 is 10.2 Å². The zero-order valence-electron chi connectivity index (χ0n) is 12.1. The number of rotatable bonds is 5. The second-order valence-corrected chi connectivity index (χ2v) is 4.64. The molecule has 0 aromatic heterocycles. The molecule has 0 aliphatic heterocycles. The number of oxime groups is 1. The Hall–Kier alpha value is -2.62. The maximum atomic E-state index is 12.2. The van der Waals surface area contributed by atoms with Gasteiger partial charge in [0.15, 0.2) is 0 Å². The first kappa shape index (κ1) is 14.8. The van der Waals surface area contributed by atoms with Crippen LogP contribution in [0.3, 0.4) is 0 Å². The standard InChI is InChI=1S/C17H18N2O2/c1-13(15-6-4-3-5-7-15)19-17(20)16-10-8-14(9-11-16)12-18-21-2/h3-13H,1-2H3,(H,19,20)/b18-12+. The minimum absolute atomic E-state index is 0.0339. The first-order valence-corrected chi connectivity index (χ1v) is 6.73. The van der Waals surface area contributed by atoms with Crippen LogP contribution in [0.15, 0.2) is 59.8 Å². The molecule has 21 heavy (non-hydrogen) atoms. The van der Waals surface area contributed by atoms with Crippen LogP contribution in [0.5, 0.6) is 0 Å². The van der Waals surface area contributed by atoms with Crippen LogP contribution in [-0.4, -0.2) is 19.2 Å². The van der Waals surface area contributed by atoms with Gasteiger partial charge in [-0.2, -0.15) is 0 Å². The smallest absolute Gasteiger partial charge is 0.251 e. The highest BCUT2D eigenvalue weighted by Gasteiger charge is 2.10. The number of nitrogens with one attached hydrogen (secondary N) is 1. The third kappa shape index (κ3) is 4.18. The Morgan fingerprint density at radius 1 is 1.14 bits per heavy atom. The molecule has 0 fully saturated rings. The van der Waals surface area contributed by atoms with Crippen molar-refractivity contribution in [1.29, 1.82) is 0 Å². The minimum atomic E-state index is -0.0958. The molecule has 0 aliphatic carbocycles. The predicted octanol–water partition coefficient (Wildman–Crippen LogP) is 3.16. The molecule has 4 nitrogen and oxygen atoms in total. The average molecular weight is 282 g/mol. The highest BCUT2D eigenvalue weighted by molar-refractivity contribution is 5.95. The van der Waals surface area contributed by atoms with Crippen LogP contribution in [-0.2, 0) is 4.84 Å². The van der Waals surface area contributed by atoms with Crippen molar-refractivity contribution in [3.63, 3.8) is 0 Å². The molecule has 0 saturated carbocycles. The van der Waals surface area contributed by atoms with Crippen LogP contribution in [0, 0.1) is 0 Å². The molecule has 0 bridgehead atoms. The maximum Gasteiger partial charge on any atom is 0.251 e. The van der Waals surface area contributed by atoms with Crippen molar-refractivity contribution in [2.75, 3.05) is 7.11 Å². The van der Waals surface area contributed by atoms with E-state index in [1.807, 2.05) is 49.4 Å². The molecule has 0 heterocycles. The van der Waals surface area contributed by atoms with Gasteiger partial charge in [0.25, 0.3) is 5.91 Å². The van der Waals surface area contributed by atoms with Crippen LogP contribution < -0.4 is 5.32 Å². The van der Waals surface area contributed by atoms with E-state index in [2.05, 4.69) is 15.3 Å². The minimum Gasteiger partial charge on any atom is -0.399 e. The third-order valence-electron chi connectivity index (χ3n) is 3.13. The summed E-state index contributed by atoms with van der Waals surface area (Å²) in [5.74, 6) is -0.0958. The van der Waals surface area contributed by atoms with E-state index in [9.17, 15) is 4.79 Å². The van der Waals surface area contributed by atoms with Gasteiger partial charge in [-0.15, -0.1) is 0 Å². The Balaban J connectivity index is 2.02. The number of hydrogen-bond donors (Lipinski definition) is 1. The highest BCUT2D eigenvalue weighted by atomic mass is 16.6. The molecular formula is C17H18N2O2. The van der Waals surface area contributed by atoms with E-state index in [0.717, 1.165) is 11.1 Å². The van der Waals surface area contributed by atoms with E-state index in [1.54, 1.807) is 18.3 Å². The van der Waals surface area contributed by atoms with Crippen molar-refractivity contribution in [3.8, 4) is 0 Å². The second-order valence-electron chi connectivity index (χ2n) is 4.64. The van der Waals surface area contributed by atoms with Crippen LogP contribution in [0.25, 0.3) is 0 Å². The first-order chi connectivity index (χ1) is 10.2. The molecule has 1 N–H and O–H groups in total. The molecule has 108 valence electrons. The number of hydrogen-bond acceptors (Lipinski definition) is 3. The molecule has 2 aromatic carbocycles. The van der Waals surface area contributed by atoms with E-state index in [-0.39, 0.29) is 11.9 Å². The lowest BCUT2D eigenvalue weighted by atomic mass is 10.1. The summed E-state index contributed by atoms with van der Waals surface area (Å²) in [7, 11) is 1.49. The van der Waals surface area contributed by atoms with Gasteiger partial charge >= 0.3 is 0 Å². The molecule has 4 heteroatoms. The SMILES string of the molecule is CO/N=C/c1ccc(C(=O)NC(C)c2ccccc2)cc1.